The molecule has 27 heavy (non-hydrogen) atoms. The summed E-state index contributed by atoms with van der Waals surface area (Å²) in [4.78, 5) is 16.6. The lowest BCUT2D eigenvalue weighted by molar-refractivity contribution is -0.115. The molecule has 0 aliphatic carbocycles. The number of anilines is 1. The van der Waals surface area contributed by atoms with Crippen molar-refractivity contribution in [2.24, 2.45) is 0 Å². The number of rotatable bonds is 8. The van der Waals surface area contributed by atoms with Gasteiger partial charge in [0.15, 0.2) is 0 Å². The zero-order valence-corrected chi connectivity index (χ0v) is 17.7. The molecule has 1 heterocycles. The lowest BCUT2D eigenvalue weighted by atomic mass is 10.3. The van der Waals surface area contributed by atoms with Crippen LogP contribution < -0.4 is 5.32 Å². The molecule has 2 aromatic rings. The van der Waals surface area contributed by atoms with Crippen LogP contribution in [0.3, 0.4) is 0 Å². The van der Waals surface area contributed by atoms with Gasteiger partial charge in [-0.05, 0) is 43.3 Å². The number of carbonyl (C=O) groups excluding carboxylic acids is 1. The first-order valence-electron chi connectivity index (χ1n) is 8.47. The minimum absolute atomic E-state index is 0.147. The molecule has 6 nitrogen and oxygen atoms in total. The molecule has 1 atom stereocenters. The molecule has 0 fully saturated rings. The van der Waals surface area contributed by atoms with Crippen LogP contribution >= 0.6 is 23.4 Å². The Hall–Kier alpha value is -1.61. The van der Waals surface area contributed by atoms with E-state index in [4.69, 9.17) is 11.6 Å². The second-order valence-electron chi connectivity index (χ2n) is 5.68. The van der Waals surface area contributed by atoms with E-state index in [1.807, 2.05) is 0 Å². The molecule has 146 valence electrons. The first-order valence-corrected chi connectivity index (χ1v) is 11.2. The third kappa shape index (κ3) is 5.68. The van der Waals surface area contributed by atoms with Crippen LogP contribution in [0.1, 0.15) is 20.8 Å². The van der Waals surface area contributed by atoms with Crippen molar-refractivity contribution in [3.63, 3.8) is 0 Å². The van der Waals surface area contributed by atoms with Gasteiger partial charge in [0.05, 0.1) is 10.3 Å². The number of hydrogen-bond acceptors (Lipinski definition) is 5. The highest BCUT2D eigenvalue weighted by Crippen LogP contribution is 2.24. The maximum atomic E-state index is 12.5. The highest BCUT2D eigenvalue weighted by molar-refractivity contribution is 8.00. The van der Waals surface area contributed by atoms with Crippen molar-refractivity contribution in [3.8, 4) is 0 Å². The second kappa shape index (κ2) is 9.54. The molecule has 1 unspecified atom stereocenters. The summed E-state index contributed by atoms with van der Waals surface area (Å²) in [7, 11) is -3.54. The van der Waals surface area contributed by atoms with Gasteiger partial charge in [-0.3, -0.25) is 4.79 Å². The average Bonchev–Trinajstić information content (AvgIpc) is 2.64. The zero-order chi connectivity index (χ0) is 20.0. The molecule has 1 aromatic carbocycles. The smallest absolute Gasteiger partial charge is 0.244 e. The van der Waals surface area contributed by atoms with E-state index in [-0.39, 0.29) is 10.8 Å². The molecule has 0 saturated heterocycles. The molecule has 0 radical (unpaired) electrons. The van der Waals surface area contributed by atoms with Crippen LogP contribution in [-0.2, 0) is 14.8 Å². The van der Waals surface area contributed by atoms with E-state index < -0.39 is 15.3 Å². The summed E-state index contributed by atoms with van der Waals surface area (Å²) in [5.74, 6) is -0.177. The molecular weight excluding hydrogens is 406 g/mol. The molecule has 1 N–H and O–H groups in total. The Bertz CT molecular complexity index is 868. The van der Waals surface area contributed by atoms with Gasteiger partial charge in [-0.15, -0.1) is 0 Å². The van der Waals surface area contributed by atoms with Crippen molar-refractivity contribution < 1.29 is 13.2 Å². The quantitative estimate of drug-likeness (QED) is 0.646. The summed E-state index contributed by atoms with van der Waals surface area (Å²) >= 11 is 7.09. The number of nitrogens with zero attached hydrogens (tertiary/aromatic N) is 2. The lowest BCUT2D eigenvalue weighted by Gasteiger charge is -2.18. The maximum absolute atomic E-state index is 12.5. The van der Waals surface area contributed by atoms with E-state index in [1.165, 1.54) is 28.3 Å². The molecule has 9 heteroatoms. The van der Waals surface area contributed by atoms with Crippen molar-refractivity contribution in [1.82, 2.24) is 9.29 Å². The summed E-state index contributed by atoms with van der Waals surface area (Å²) in [5.41, 5.74) is 0.658. The maximum Gasteiger partial charge on any atom is 0.244 e. The Morgan fingerprint density at radius 2 is 1.81 bits per heavy atom. The topological polar surface area (TPSA) is 79.4 Å². The van der Waals surface area contributed by atoms with Crippen LogP contribution in [0.2, 0.25) is 5.02 Å². The van der Waals surface area contributed by atoms with Gasteiger partial charge in [0.2, 0.25) is 15.9 Å². The van der Waals surface area contributed by atoms with Gasteiger partial charge in [0.1, 0.15) is 4.90 Å². The molecular formula is C18H22ClN3O3S2. The largest absolute Gasteiger partial charge is 0.325 e. The third-order valence-electron chi connectivity index (χ3n) is 3.83. The van der Waals surface area contributed by atoms with Gasteiger partial charge in [0, 0.05) is 30.0 Å². The average molecular weight is 428 g/mol. The standard InChI is InChI=1S/C18H22ClN3O3S2/c1-4-22(5-2)27(24,25)16-10-11-17(20-12-16)26-13(3)18(23)21-15-8-6-14(19)7-9-15/h6-13H,4-5H2,1-3H3,(H,21,23). The first-order chi connectivity index (χ1) is 12.8. The molecule has 0 aliphatic rings. The van der Waals surface area contributed by atoms with E-state index in [0.29, 0.717) is 28.8 Å². The number of halogens is 1. The van der Waals surface area contributed by atoms with Gasteiger partial charge in [-0.1, -0.05) is 37.2 Å². The fourth-order valence-corrected chi connectivity index (χ4v) is 4.63. The number of nitrogens with one attached hydrogen (secondary N) is 1. The van der Waals surface area contributed by atoms with E-state index in [1.54, 1.807) is 51.1 Å². The van der Waals surface area contributed by atoms with Crippen LogP contribution in [0.25, 0.3) is 0 Å². The Morgan fingerprint density at radius 1 is 1.19 bits per heavy atom. The highest BCUT2D eigenvalue weighted by Gasteiger charge is 2.22. The molecule has 1 aromatic heterocycles. The Balaban J connectivity index is 2.03. The number of pyridine rings is 1. The zero-order valence-electron chi connectivity index (χ0n) is 15.3. The summed E-state index contributed by atoms with van der Waals surface area (Å²) < 4.78 is 26.3. The summed E-state index contributed by atoms with van der Waals surface area (Å²) in [6.07, 6.45) is 1.33. The Kier molecular flexibility index (Phi) is 7.67. The molecule has 0 bridgehead atoms. The number of aromatic nitrogens is 1. The van der Waals surface area contributed by atoms with Crippen LogP contribution in [0.4, 0.5) is 5.69 Å². The Labute approximate surface area is 169 Å². The molecule has 0 spiro atoms. The van der Waals surface area contributed by atoms with Crippen LogP contribution in [0, 0.1) is 0 Å². The summed E-state index contributed by atoms with van der Waals surface area (Å²) in [6, 6.07) is 9.99. The van der Waals surface area contributed by atoms with Gasteiger partial charge in [0.25, 0.3) is 0 Å². The van der Waals surface area contributed by atoms with E-state index in [9.17, 15) is 13.2 Å². The predicted octanol–water partition coefficient (Wildman–Crippen LogP) is 3.88. The normalized spacial score (nSPS) is 12.8. The fourth-order valence-electron chi connectivity index (χ4n) is 2.31. The first kappa shape index (κ1) is 21.7. The monoisotopic (exact) mass is 427 g/mol. The number of carbonyl (C=O) groups is 1. The van der Waals surface area contributed by atoms with E-state index >= 15 is 0 Å². The van der Waals surface area contributed by atoms with Gasteiger partial charge in [-0.2, -0.15) is 4.31 Å². The SMILES string of the molecule is CCN(CC)S(=O)(=O)c1ccc(SC(C)C(=O)Nc2ccc(Cl)cc2)nc1. The number of benzene rings is 1. The summed E-state index contributed by atoms with van der Waals surface area (Å²) in [5, 5.41) is 3.57. The van der Waals surface area contributed by atoms with Gasteiger partial charge >= 0.3 is 0 Å². The molecule has 1 amide bonds. The molecule has 0 aliphatic heterocycles. The van der Waals surface area contributed by atoms with Crippen molar-refractivity contribution >= 4 is 45.0 Å². The van der Waals surface area contributed by atoms with E-state index in [0.717, 1.165) is 0 Å². The third-order valence-corrected chi connectivity index (χ3v) is 7.17. The van der Waals surface area contributed by atoms with E-state index in [2.05, 4.69) is 10.3 Å². The van der Waals surface area contributed by atoms with Gasteiger partial charge < -0.3 is 5.32 Å². The number of thioether (sulfide) groups is 1. The molecule has 2 rings (SSSR count). The highest BCUT2D eigenvalue weighted by atomic mass is 35.5. The Morgan fingerprint density at radius 3 is 2.33 bits per heavy atom. The minimum atomic E-state index is -3.54. The summed E-state index contributed by atoms with van der Waals surface area (Å²) in [6.45, 7) is 6.14. The number of sulfonamides is 1. The second-order valence-corrected chi connectivity index (χ2v) is 9.41. The molecule has 0 saturated carbocycles. The predicted molar refractivity (Wildman–Crippen MR) is 110 cm³/mol. The minimum Gasteiger partial charge on any atom is -0.325 e. The van der Waals surface area contributed by atoms with Gasteiger partial charge in [-0.25, -0.2) is 13.4 Å². The number of amides is 1. The van der Waals surface area contributed by atoms with Crippen molar-refractivity contribution in [2.75, 3.05) is 18.4 Å². The van der Waals surface area contributed by atoms with Crippen LogP contribution in [0.5, 0.6) is 0 Å². The van der Waals surface area contributed by atoms with Crippen molar-refractivity contribution in [2.45, 2.75) is 35.9 Å². The fraction of sp³-hybridized carbons (Fsp3) is 0.333. The van der Waals surface area contributed by atoms with Crippen LogP contribution in [-0.4, -0.2) is 42.0 Å². The number of hydrogen-bond donors (Lipinski definition) is 1. The lowest BCUT2D eigenvalue weighted by Crippen LogP contribution is -2.30. The van der Waals surface area contributed by atoms with Crippen molar-refractivity contribution in [1.29, 1.82) is 0 Å². The van der Waals surface area contributed by atoms with Crippen molar-refractivity contribution in [3.05, 3.63) is 47.6 Å². The van der Waals surface area contributed by atoms with Crippen LogP contribution in [0.15, 0.2) is 52.5 Å².